The summed E-state index contributed by atoms with van der Waals surface area (Å²) in [4.78, 5) is 15.4. The summed E-state index contributed by atoms with van der Waals surface area (Å²) in [5, 5.41) is 2.88. The predicted octanol–water partition coefficient (Wildman–Crippen LogP) is 5.48. The second-order valence-electron chi connectivity index (χ2n) is 9.19. The van der Waals surface area contributed by atoms with Crippen LogP contribution in [0, 0.1) is 6.92 Å². The quantitative estimate of drug-likeness (QED) is 0.373. The number of aryl methyl sites for hydroxylation is 1. The smallest absolute Gasteiger partial charge is 0.264 e. The third-order valence-electron chi connectivity index (χ3n) is 6.30. The molecule has 0 saturated carbocycles. The van der Waals surface area contributed by atoms with E-state index in [9.17, 15) is 13.2 Å². The summed E-state index contributed by atoms with van der Waals surface area (Å²) in [5.74, 6) is -0.0518. The number of hydrogen-bond donors (Lipinski definition) is 1. The van der Waals surface area contributed by atoms with Crippen molar-refractivity contribution in [3.8, 4) is 0 Å². The van der Waals surface area contributed by atoms with Crippen LogP contribution in [-0.2, 0) is 21.4 Å². The van der Waals surface area contributed by atoms with E-state index in [4.69, 9.17) is 0 Å². The average Bonchev–Trinajstić information content (AvgIpc) is 2.87. The number of anilines is 2. The Labute approximate surface area is 216 Å². The van der Waals surface area contributed by atoms with Gasteiger partial charge in [0.15, 0.2) is 0 Å². The fourth-order valence-corrected chi connectivity index (χ4v) is 5.40. The van der Waals surface area contributed by atoms with Crippen molar-refractivity contribution in [2.45, 2.75) is 52.0 Å². The second kappa shape index (κ2) is 12.1. The molecule has 0 aliphatic rings. The summed E-state index contributed by atoms with van der Waals surface area (Å²) in [6.45, 7) is 12.2. The van der Waals surface area contributed by atoms with Crippen LogP contribution in [0.5, 0.6) is 0 Å². The number of nitrogens with zero attached hydrogens (tertiary/aromatic N) is 2. The molecule has 0 bridgehead atoms. The Bertz CT molecular complexity index is 1230. The van der Waals surface area contributed by atoms with Gasteiger partial charge in [0.2, 0.25) is 5.91 Å². The largest absolute Gasteiger partial charge is 0.372 e. The van der Waals surface area contributed by atoms with E-state index in [-0.39, 0.29) is 17.3 Å². The summed E-state index contributed by atoms with van der Waals surface area (Å²) < 4.78 is 28.3. The Morgan fingerprint density at radius 3 is 1.92 bits per heavy atom. The summed E-state index contributed by atoms with van der Waals surface area (Å²) >= 11 is 0. The van der Waals surface area contributed by atoms with E-state index in [0.717, 1.165) is 35.5 Å². The van der Waals surface area contributed by atoms with Gasteiger partial charge in [-0.25, -0.2) is 8.42 Å². The van der Waals surface area contributed by atoms with Gasteiger partial charge >= 0.3 is 0 Å². The first kappa shape index (κ1) is 27.3. The molecule has 192 valence electrons. The fourth-order valence-electron chi connectivity index (χ4n) is 3.98. The lowest BCUT2D eigenvalue weighted by atomic mass is 10.0. The van der Waals surface area contributed by atoms with E-state index < -0.39 is 10.0 Å². The highest BCUT2D eigenvalue weighted by molar-refractivity contribution is 7.92. The van der Waals surface area contributed by atoms with Crippen molar-refractivity contribution >= 4 is 27.3 Å². The Hall–Kier alpha value is -3.32. The Morgan fingerprint density at radius 2 is 1.39 bits per heavy atom. The average molecular weight is 508 g/mol. The minimum absolute atomic E-state index is 0.154. The zero-order valence-electron chi connectivity index (χ0n) is 21.9. The molecule has 0 atom stereocenters. The molecule has 7 heteroatoms. The van der Waals surface area contributed by atoms with Crippen molar-refractivity contribution in [1.82, 2.24) is 5.32 Å². The van der Waals surface area contributed by atoms with Crippen LogP contribution in [0.25, 0.3) is 0 Å². The van der Waals surface area contributed by atoms with Crippen molar-refractivity contribution < 1.29 is 13.2 Å². The monoisotopic (exact) mass is 507 g/mol. The van der Waals surface area contributed by atoms with Gasteiger partial charge in [-0.1, -0.05) is 55.8 Å². The zero-order chi connectivity index (χ0) is 26.3. The fraction of sp³-hybridized carbons (Fsp3) is 0.345. The normalized spacial score (nSPS) is 11.4. The van der Waals surface area contributed by atoms with Crippen molar-refractivity contribution in [1.29, 1.82) is 0 Å². The molecule has 0 heterocycles. The van der Waals surface area contributed by atoms with Gasteiger partial charge in [-0.2, -0.15) is 0 Å². The van der Waals surface area contributed by atoms with Crippen molar-refractivity contribution in [3.63, 3.8) is 0 Å². The molecule has 3 aromatic rings. The molecule has 0 aliphatic carbocycles. The number of carbonyl (C=O) groups is 1. The third-order valence-corrected chi connectivity index (χ3v) is 8.09. The number of carbonyl (C=O) groups excluding carboxylic acids is 1. The van der Waals surface area contributed by atoms with Gasteiger partial charge in [0.25, 0.3) is 10.0 Å². The maximum absolute atomic E-state index is 13.6. The molecule has 0 fully saturated rings. The highest BCUT2D eigenvalue weighted by Crippen LogP contribution is 2.26. The molecule has 1 amide bonds. The molecule has 0 radical (unpaired) electrons. The first-order valence-electron chi connectivity index (χ1n) is 12.5. The summed E-state index contributed by atoms with van der Waals surface area (Å²) in [6, 6.07) is 22.1. The molecular weight excluding hydrogens is 470 g/mol. The van der Waals surface area contributed by atoms with E-state index in [1.807, 2.05) is 43.3 Å². The molecule has 6 nitrogen and oxygen atoms in total. The van der Waals surface area contributed by atoms with Crippen LogP contribution in [0.3, 0.4) is 0 Å². The van der Waals surface area contributed by atoms with E-state index in [1.54, 1.807) is 36.4 Å². The molecule has 36 heavy (non-hydrogen) atoms. The molecule has 0 aliphatic heterocycles. The third kappa shape index (κ3) is 6.66. The van der Waals surface area contributed by atoms with E-state index in [1.165, 1.54) is 4.31 Å². The van der Waals surface area contributed by atoms with E-state index in [0.29, 0.717) is 18.2 Å². The number of amides is 1. The van der Waals surface area contributed by atoms with Crippen molar-refractivity contribution in [3.05, 3.63) is 89.5 Å². The maximum atomic E-state index is 13.6. The van der Waals surface area contributed by atoms with Crippen LogP contribution in [0.2, 0.25) is 0 Å². The number of nitrogens with one attached hydrogen (secondary N) is 1. The van der Waals surface area contributed by atoms with Crippen LogP contribution < -0.4 is 14.5 Å². The lowest BCUT2D eigenvalue weighted by Crippen LogP contribution is -2.40. The van der Waals surface area contributed by atoms with Gasteiger partial charge in [-0.15, -0.1) is 0 Å². The predicted molar refractivity (Wildman–Crippen MR) is 148 cm³/mol. The first-order chi connectivity index (χ1) is 17.1. The Balaban J connectivity index is 1.79. The Morgan fingerprint density at radius 1 is 0.833 bits per heavy atom. The highest BCUT2D eigenvalue weighted by atomic mass is 32.2. The molecule has 0 unspecified atom stereocenters. The molecular formula is C29H37N3O3S. The molecule has 3 rings (SSSR count). The van der Waals surface area contributed by atoms with Crippen LogP contribution in [0.4, 0.5) is 11.4 Å². The lowest BCUT2D eigenvalue weighted by molar-refractivity contribution is -0.119. The summed E-state index contributed by atoms with van der Waals surface area (Å²) in [5.41, 5.74) is 4.61. The van der Waals surface area contributed by atoms with E-state index in [2.05, 4.69) is 37.9 Å². The number of sulfonamides is 1. The van der Waals surface area contributed by atoms with Crippen molar-refractivity contribution in [2.24, 2.45) is 0 Å². The van der Waals surface area contributed by atoms with Crippen LogP contribution in [0.1, 0.15) is 50.3 Å². The molecule has 0 saturated heterocycles. The molecule has 1 N–H and O–H groups in total. The maximum Gasteiger partial charge on any atom is 0.264 e. The van der Waals surface area contributed by atoms with Crippen LogP contribution in [-0.4, -0.2) is 34.0 Å². The highest BCUT2D eigenvalue weighted by Gasteiger charge is 2.27. The van der Waals surface area contributed by atoms with Crippen LogP contribution >= 0.6 is 0 Å². The lowest BCUT2D eigenvalue weighted by Gasteiger charge is -2.25. The van der Waals surface area contributed by atoms with Gasteiger partial charge in [0.1, 0.15) is 6.54 Å². The number of rotatable bonds is 11. The number of hydrogen-bond acceptors (Lipinski definition) is 4. The van der Waals surface area contributed by atoms with Gasteiger partial charge in [-0.3, -0.25) is 9.10 Å². The van der Waals surface area contributed by atoms with E-state index >= 15 is 0 Å². The second-order valence-corrected chi connectivity index (χ2v) is 11.0. The molecule has 3 aromatic carbocycles. The van der Waals surface area contributed by atoms with Gasteiger partial charge in [0, 0.05) is 25.3 Å². The minimum atomic E-state index is -3.94. The molecule has 0 aromatic heterocycles. The standard InChI is InChI=1S/C29H37N3O3S/c1-6-31(7-2)26-14-10-24(11-15-26)20-30-29(33)21-32(27-16-12-25(13-17-27)22(3)4)36(34,35)28-18-8-23(5)9-19-28/h8-19,22H,6-7,20-21H2,1-5H3,(H,30,33). The molecule has 0 spiro atoms. The summed E-state index contributed by atoms with van der Waals surface area (Å²) in [7, 11) is -3.94. The topological polar surface area (TPSA) is 69.7 Å². The minimum Gasteiger partial charge on any atom is -0.372 e. The van der Waals surface area contributed by atoms with Gasteiger partial charge in [0.05, 0.1) is 10.6 Å². The SMILES string of the molecule is CCN(CC)c1ccc(CNC(=O)CN(c2ccc(C(C)C)cc2)S(=O)(=O)c2ccc(C)cc2)cc1. The van der Waals surface area contributed by atoms with Gasteiger partial charge < -0.3 is 10.2 Å². The zero-order valence-corrected chi connectivity index (χ0v) is 22.7. The summed E-state index contributed by atoms with van der Waals surface area (Å²) in [6.07, 6.45) is 0. The number of benzene rings is 3. The van der Waals surface area contributed by atoms with Gasteiger partial charge in [-0.05, 0) is 74.2 Å². The van der Waals surface area contributed by atoms with Crippen molar-refractivity contribution in [2.75, 3.05) is 28.8 Å². The first-order valence-corrected chi connectivity index (χ1v) is 13.9. The Kier molecular flexibility index (Phi) is 9.15. The van der Waals surface area contributed by atoms with Crippen LogP contribution in [0.15, 0.2) is 77.7 Å².